The van der Waals surface area contributed by atoms with Gasteiger partial charge in [-0.25, -0.2) is 14.4 Å². The van der Waals surface area contributed by atoms with E-state index in [0.717, 1.165) is 11.9 Å². The van der Waals surface area contributed by atoms with Crippen molar-refractivity contribution < 1.29 is 88.5 Å². The largest absolute Gasteiger partial charge is 0.479 e. The van der Waals surface area contributed by atoms with Crippen molar-refractivity contribution in [3.8, 4) is 0 Å². The van der Waals surface area contributed by atoms with Gasteiger partial charge in [-0.2, -0.15) is 0 Å². The molecule has 6 fully saturated rings. The summed E-state index contributed by atoms with van der Waals surface area (Å²) in [7, 11) is 0. The Morgan fingerprint density at radius 2 is 1.41 bits per heavy atom. The van der Waals surface area contributed by atoms with Crippen LogP contribution in [0.25, 0.3) is 0 Å². The van der Waals surface area contributed by atoms with Crippen LogP contribution in [-0.2, 0) is 47.6 Å². The van der Waals surface area contributed by atoms with Crippen LogP contribution in [0.15, 0.2) is 34.9 Å². The molecule has 21 atom stereocenters. The molecule has 7 rings (SSSR count). The Kier molecular flexibility index (Phi) is 14.8. The van der Waals surface area contributed by atoms with Gasteiger partial charge in [0.1, 0.15) is 49.0 Å². The first kappa shape index (κ1) is 53.7. The standard InChI is InChI=1S/C51H76O18/c1-11-24(3)42(62)68-39-40(69-43(63)25(4)12-2)51(23-53)27(19-46(39,5)6)26-13-14-30-47(7)17-16-32(48(8,22-52)29(47)15-18-49(30,9)50(26,10)20-31(51)55)65-45-36(59)37(35(58)38(67-45)41(60)61)66-44-34(57)33(56)28(54)21-64-44/h11-13,22,27-40,44-45,53-59H,14-21,23H2,1-10H3,(H,60,61)/b24-11?,25-12-/t27-,28-,29+,30+,31+,32-,33-,34+,35-,36+,37-,38-,39-,40-,44-,45+,47-,48-,49+,50+,51-/m0/s1. The van der Waals surface area contributed by atoms with Gasteiger partial charge in [-0.15, -0.1) is 0 Å². The van der Waals surface area contributed by atoms with Crippen LogP contribution in [0.5, 0.6) is 0 Å². The summed E-state index contributed by atoms with van der Waals surface area (Å²) in [4.78, 5) is 53.3. The van der Waals surface area contributed by atoms with Gasteiger partial charge in [0.25, 0.3) is 0 Å². The van der Waals surface area contributed by atoms with Crippen LogP contribution >= 0.6 is 0 Å². The van der Waals surface area contributed by atoms with E-state index in [2.05, 4.69) is 26.8 Å². The second kappa shape index (κ2) is 19.0. The van der Waals surface area contributed by atoms with E-state index in [4.69, 9.17) is 28.4 Å². The molecule has 8 N–H and O–H groups in total. The van der Waals surface area contributed by atoms with Gasteiger partial charge >= 0.3 is 17.9 Å². The lowest BCUT2D eigenvalue weighted by Gasteiger charge is -2.72. The number of aliphatic carboxylic acids is 1. The molecule has 18 nitrogen and oxygen atoms in total. The summed E-state index contributed by atoms with van der Waals surface area (Å²) in [6.45, 7) is 18.0. The van der Waals surface area contributed by atoms with E-state index in [0.29, 0.717) is 43.3 Å². The summed E-state index contributed by atoms with van der Waals surface area (Å²) in [5, 5.41) is 88.0. The summed E-state index contributed by atoms with van der Waals surface area (Å²) < 4.78 is 35.8. The third kappa shape index (κ3) is 8.29. The molecule has 0 radical (unpaired) electrons. The minimum Gasteiger partial charge on any atom is -0.479 e. The highest BCUT2D eigenvalue weighted by Crippen LogP contribution is 2.76. The number of ether oxygens (including phenoxy) is 6. The molecule has 2 saturated heterocycles. The van der Waals surface area contributed by atoms with Gasteiger partial charge in [0.2, 0.25) is 0 Å². The first-order valence-corrected chi connectivity index (χ1v) is 24.5. The second-order valence-corrected chi connectivity index (χ2v) is 22.9. The number of aliphatic hydroxyl groups excluding tert-OH is 7. The minimum absolute atomic E-state index is 0.0387. The lowest BCUT2D eigenvalue weighted by Crippen LogP contribution is -2.72. The smallest absolute Gasteiger partial charge is 0.335 e. The zero-order valence-electron chi connectivity index (χ0n) is 41.6. The van der Waals surface area contributed by atoms with Gasteiger partial charge in [-0.05, 0) is 107 Å². The van der Waals surface area contributed by atoms with E-state index in [1.165, 1.54) is 0 Å². The Bertz CT molecular complexity index is 2090. The molecule has 4 saturated carbocycles. The number of carboxylic acids is 1. The lowest BCUT2D eigenvalue weighted by atomic mass is 9.33. The predicted molar refractivity (Wildman–Crippen MR) is 243 cm³/mol. The van der Waals surface area contributed by atoms with E-state index in [1.54, 1.807) is 46.8 Å². The number of allylic oxidation sites excluding steroid dienone is 4. The highest BCUT2D eigenvalue weighted by Gasteiger charge is 2.74. The van der Waals surface area contributed by atoms with E-state index in [1.807, 2.05) is 13.8 Å². The molecular weight excluding hydrogens is 901 g/mol. The van der Waals surface area contributed by atoms with E-state index in [-0.39, 0.29) is 24.7 Å². The number of hydrogen-bond acceptors (Lipinski definition) is 17. The van der Waals surface area contributed by atoms with Crippen LogP contribution in [0.4, 0.5) is 0 Å². The molecule has 5 aliphatic carbocycles. The summed E-state index contributed by atoms with van der Waals surface area (Å²) in [5.74, 6) is -3.65. The molecule has 7 aliphatic rings. The lowest BCUT2D eigenvalue weighted by molar-refractivity contribution is -0.355. The molecular formula is C51H76O18. The number of esters is 2. The Morgan fingerprint density at radius 3 is 1.99 bits per heavy atom. The van der Waals surface area contributed by atoms with Crippen LogP contribution in [0.2, 0.25) is 0 Å². The average Bonchev–Trinajstić information content (AvgIpc) is 3.29. The number of carbonyl (C=O) groups is 4. The highest BCUT2D eigenvalue weighted by atomic mass is 16.7. The Hall–Kier alpha value is -3.14. The van der Waals surface area contributed by atoms with Crippen molar-refractivity contribution in [2.45, 2.75) is 194 Å². The maximum absolute atomic E-state index is 13.7. The fraction of sp³-hybridized carbons (Fsp3) is 0.804. The van der Waals surface area contributed by atoms with Crippen molar-refractivity contribution in [2.24, 2.45) is 50.2 Å². The molecule has 2 aliphatic heterocycles. The molecule has 388 valence electrons. The molecule has 69 heavy (non-hydrogen) atoms. The van der Waals surface area contributed by atoms with Gasteiger partial charge in [-0.1, -0.05) is 65.3 Å². The zero-order valence-corrected chi connectivity index (χ0v) is 41.6. The summed E-state index contributed by atoms with van der Waals surface area (Å²) >= 11 is 0. The van der Waals surface area contributed by atoms with Gasteiger partial charge in [-0.3, -0.25) is 0 Å². The average molecular weight is 977 g/mol. The number of aliphatic hydroxyl groups is 7. The number of carbonyl (C=O) groups excluding carboxylic acids is 3. The molecule has 0 spiro atoms. The Labute approximate surface area is 404 Å². The number of hydrogen-bond donors (Lipinski definition) is 8. The number of carboxylic acid groups (broad SMARTS) is 1. The summed E-state index contributed by atoms with van der Waals surface area (Å²) in [6, 6.07) is 0. The predicted octanol–water partition coefficient (Wildman–Crippen LogP) is 2.65. The zero-order chi connectivity index (χ0) is 51.1. The van der Waals surface area contributed by atoms with E-state index < -0.39 is 149 Å². The van der Waals surface area contributed by atoms with Crippen LogP contribution in [-0.4, -0.2) is 158 Å². The first-order chi connectivity index (χ1) is 32.2. The van der Waals surface area contributed by atoms with Gasteiger partial charge in [0.15, 0.2) is 24.8 Å². The van der Waals surface area contributed by atoms with Crippen molar-refractivity contribution in [1.29, 1.82) is 0 Å². The Morgan fingerprint density at radius 1 is 0.783 bits per heavy atom. The number of rotatable bonds is 11. The molecule has 0 aromatic rings. The highest BCUT2D eigenvalue weighted by molar-refractivity contribution is 5.89. The first-order valence-electron chi connectivity index (χ1n) is 24.5. The SMILES string of the molecule is CC=C(C)C(=O)O[C@H]1[C@H](OC(=O)/C(C)=C\C)[C@]2(CO)[C@H](O)C[C@]3(C)C(=CC[C@@H]4[C@@]5(C)CC[C@H](O[C@@H]6O[C@H](C(=O)O)[C@@H](O)[C@H](O[C@@H]7OC[C@H](O)[C@H](O)[C@H]7O)[C@H]6O)[C@@](C)(C=O)[C@@H]5CC[C@]43C)[C@@H]2CC1(C)C. The molecule has 0 amide bonds. The molecule has 0 bridgehead atoms. The van der Waals surface area contributed by atoms with Crippen molar-refractivity contribution in [3.05, 3.63) is 34.9 Å². The molecule has 2 heterocycles. The molecule has 18 heteroatoms. The van der Waals surface area contributed by atoms with Gasteiger partial charge in [0.05, 0.1) is 36.3 Å². The molecule has 0 aromatic heterocycles. The molecule has 0 unspecified atom stereocenters. The summed E-state index contributed by atoms with van der Waals surface area (Å²) in [6.07, 6.45) is -10.7. The third-order valence-corrected chi connectivity index (χ3v) is 19.1. The van der Waals surface area contributed by atoms with Crippen LogP contribution < -0.4 is 0 Å². The maximum Gasteiger partial charge on any atom is 0.335 e. The number of fused-ring (bicyclic) bond motifs is 7. The molecule has 0 aromatic carbocycles. The Balaban J connectivity index is 1.20. The van der Waals surface area contributed by atoms with Crippen LogP contribution in [0.1, 0.15) is 114 Å². The minimum atomic E-state index is -1.99. The topological polar surface area (TPSA) is 285 Å². The van der Waals surface area contributed by atoms with Gasteiger partial charge in [0, 0.05) is 16.6 Å². The normalized spacial score (nSPS) is 48.6. The maximum atomic E-state index is 13.7. The van der Waals surface area contributed by atoms with Crippen molar-refractivity contribution in [2.75, 3.05) is 13.2 Å². The summed E-state index contributed by atoms with van der Waals surface area (Å²) in [5.41, 5.74) is -3.33. The van der Waals surface area contributed by atoms with Crippen LogP contribution in [0, 0.1) is 50.2 Å². The third-order valence-electron chi connectivity index (χ3n) is 19.1. The van der Waals surface area contributed by atoms with Crippen LogP contribution in [0.3, 0.4) is 0 Å². The quantitative estimate of drug-likeness (QED) is 0.0486. The second-order valence-electron chi connectivity index (χ2n) is 22.9. The van der Waals surface area contributed by atoms with Crippen molar-refractivity contribution in [3.63, 3.8) is 0 Å². The van der Waals surface area contributed by atoms with Crippen molar-refractivity contribution in [1.82, 2.24) is 0 Å². The van der Waals surface area contributed by atoms with Gasteiger partial charge < -0.3 is 74.1 Å². The fourth-order valence-corrected chi connectivity index (χ4v) is 14.5. The van der Waals surface area contributed by atoms with E-state index >= 15 is 0 Å². The van der Waals surface area contributed by atoms with Crippen molar-refractivity contribution >= 4 is 24.2 Å². The van der Waals surface area contributed by atoms with E-state index in [9.17, 15) is 60.0 Å². The fourth-order valence-electron chi connectivity index (χ4n) is 14.5. The number of aldehydes is 1. The monoisotopic (exact) mass is 977 g/mol.